The average molecular weight is 736 g/mol. The summed E-state index contributed by atoms with van der Waals surface area (Å²) in [5.74, 6) is 0.670. The lowest BCUT2D eigenvalue weighted by atomic mass is 9.95. The van der Waals surface area contributed by atoms with E-state index >= 15 is 0 Å². The minimum Gasteiger partial charge on any atom is -0.493 e. The number of halogens is 1. The number of nitrogens with one attached hydrogen (secondary N) is 3. The summed E-state index contributed by atoms with van der Waals surface area (Å²) in [7, 11) is 1.44. The van der Waals surface area contributed by atoms with Crippen LogP contribution < -0.4 is 35.0 Å². The van der Waals surface area contributed by atoms with Gasteiger partial charge < -0.3 is 34.3 Å². The second-order valence-electron chi connectivity index (χ2n) is 10.6. The molecule has 0 spiro atoms. The molecule has 3 aromatic rings. The van der Waals surface area contributed by atoms with Crippen LogP contribution in [-0.2, 0) is 27.4 Å². The second kappa shape index (κ2) is 17.7. The van der Waals surface area contributed by atoms with Crippen LogP contribution in [-0.4, -0.2) is 51.1 Å². The Labute approximate surface area is 293 Å². The highest BCUT2D eigenvalue weighted by Crippen LogP contribution is 2.36. The molecule has 0 fully saturated rings. The maximum atomic E-state index is 12.7. The Kier molecular flexibility index (Phi) is 13.2. The number of benzene rings is 3. The molecule has 258 valence electrons. The van der Waals surface area contributed by atoms with Crippen molar-refractivity contribution >= 4 is 40.1 Å². The summed E-state index contributed by atoms with van der Waals surface area (Å²) in [4.78, 5) is 37.5. The molecule has 1 aliphatic rings. The first-order valence-electron chi connectivity index (χ1n) is 15.5. The molecule has 1 aliphatic heterocycles. The highest BCUT2D eigenvalue weighted by Gasteiger charge is 2.32. The predicted octanol–water partition coefficient (Wildman–Crippen LogP) is 5.88. The van der Waals surface area contributed by atoms with Crippen LogP contribution in [0.15, 0.2) is 88.1 Å². The molecule has 1 heterocycles. The topological polar surface area (TPSA) is 146 Å². The lowest BCUT2D eigenvalue weighted by Crippen LogP contribution is -2.45. The van der Waals surface area contributed by atoms with Gasteiger partial charge in [-0.25, -0.2) is 15.0 Å². The van der Waals surface area contributed by atoms with Crippen LogP contribution in [0.25, 0.3) is 0 Å². The maximum absolute atomic E-state index is 12.7. The Morgan fingerprint density at radius 2 is 1.78 bits per heavy atom. The van der Waals surface area contributed by atoms with E-state index in [1.807, 2.05) is 37.3 Å². The molecule has 0 aliphatic carbocycles. The number of amides is 3. The Bertz CT molecular complexity index is 1740. The number of methoxy groups -OCH3 is 1. The number of carbonyl (C=O) groups is 3. The monoisotopic (exact) mass is 734 g/mol. The number of nitrogens with zero attached hydrogens (tertiary/aromatic N) is 1. The zero-order chi connectivity index (χ0) is 35.3. The van der Waals surface area contributed by atoms with Crippen molar-refractivity contribution in [1.82, 2.24) is 16.1 Å². The van der Waals surface area contributed by atoms with Gasteiger partial charge in [0, 0.05) is 15.7 Å². The average Bonchev–Trinajstić information content (AvgIpc) is 3.07. The lowest BCUT2D eigenvalue weighted by Gasteiger charge is -2.28. The van der Waals surface area contributed by atoms with Gasteiger partial charge in [-0.1, -0.05) is 40.2 Å². The van der Waals surface area contributed by atoms with Crippen molar-refractivity contribution < 1.29 is 38.1 Å². The minimum absolute atomic E-state index is 0.179. The third kappa shape index (κ3) is 9.86. The second-order valence-corrected chi connectivity index (χ2v) is 11.5. The Balaban J connectivity index is 1.42. The molecule has 0 saturated heterocycles. The summed E-state index contributed by atoms with van der Waals surface area (Å²) in [5.41, 5.74) is 6.22. The number of urea groups is 1. The molecule has 3 N–H and O–H groups in total. The smallest absolute Gasteiger partial charge is 0.338 e. The third-order valence-corrected chi connectivity index (χ3v) is 7.69. The molecule has 0 unspecified atom stereocenters. The van der Waals surface area contributed by atoms with E-state index in [0.717, 1.165) is 15.6 Å². The molecule has 49 heavy (non-hydrogen) atoms. The zero-order valence-electron chi connectivity index (χ0n) is 27.8. The van der Waals surface area contributed by atoms with Gasteiger partial charge in [0.15, 0.2) is 29.6 Å². The lowest BCUT2D eigenvalue weighted by molar-refractivity contribution is -0.139. The quantitative estimate of drug-likeness (QED) is 0.0716. The fourth-order valence-corrected chi connectivity index (χ4v) is 5.25. The predicted molar refractivity (Wildman–Crippen MR) is 188 cm³/mol. The van der Waals surface area contributed by atoms with E-state index < -0.39 is 23.9 Å². The van der Waals surface area contributed by atoms with Crippen molar-refractivity contribution in [3.63, 3.8) is 0 Å². The van der Waals surface area contributed by atoms with Gasteiger partial charge in [0.25, 0.3) is 5.91 Å². The molecule has 0 bridgehead atoms. The van der Waals surface area contributed by atoms with Crippen molar-refractivity contribution in [3.05, 3.63) is 105 Å². The summed E-state index contributed by atoms with van der Waals surface area (Å²) in [6.45, 7) is 9.69. The Morgan fingerprint density at radius 1 is 1.00 bits per heavy atom. The summed E-state index contributed by atoms with van der Waals surface area (Å²) in [6.07, 6.45) is 3.81. The van der Waals surface area contributed by atoms with Gasteiger partial charge >= 0.3 is 12.0 Å². The number of ether oxygens (including phenoxy) is 5. The van der Waals surface area contributed by atoms with E-state index in [0.29, 0.717) is 53.7 Å². The van der Waals surface area contributed by atoms with Crippen molar-refractivity contribution in [1.29, 1.82) is 0 Å². The minimum atomic E-state index is -0.782. The standard InChI is InChI=1S/C36H39BrN4O8/c1-6-9-26-16-24(17-30(46-7-2)34(26)49-20-23-10-13-27(37)14-11-23)19-38-41-31(42)21-48-28-15-12-25(18-29(28)45-5)33-32(35(43)47-8-3)22(4)39-36(44)40-33/h6,10-19,33H,1,7-9,20-21H2,2-5H3,(H,41,42)(H2,39,40,44)/b38-19-/t33-/m1/s1. The molecule has 12 nitrogen and oxygen atoms in total. The van der Waals surface area contributed by atoms with Crippen LogP contribution in [0.4, 0.5) is 4.79 Å². The molecule has 13 heteroatoms. The Morgan fingerprint density at radius 3 is 2.47 bits per heavy atom. The summed E-state index contributed by atoms with van der Waals surface area (Å²) >= 11 is 3.45. The normalized spacial score (nSPS) is 14.1. The summed E-state index contributed by atoms with van der Waals surface area (Å²) in [5, 5.41) is 9.44. The molecule has 0 radical (unpaired) electrons. The molecule has 1 atom stereocenters. The number of rotatable bonds is 16. The summed E-state index contributed by atoms with van der Waals surface area (Å²) in [6, 6.07) is 15.2. The number of hydrazone groups is 1. The number of hydrogen-bond donors (Lipinski definition) is 3. The van der Waals surface area contributed by atoms with Crippen LogP contribution in [0.1, 0.15) is 49.1 Å². The van der Waals surface area contributed by atoms with Gasteiger partial charge in [0.05, 0.1) is 38.2 Å². The van der Waals surface area contributed by atoms with Crippen LogP contribution >= 0.6 is 15.9 Å². The van der Waals surface area contributed by atoms with Gasteiger partial charge in [-0.15, -0.1) is 6.58 Å². The van der Waals surface area contributed by atoms with Crippen molar-refractivity contribution in [3.8, 4) is 23.0 Å². The van der Waals surface area contributed by atoms with Crippen molar-refractivity contribution in [2.75, 3.05) is 26.9 Å². The van der Waals surface area contributed by atoms with Crippen molar-refractivity contribution in [2.45, 2.75) is 39.8 Å². The van der Waals surface area contributed by atoms with E-state index in [4.69, 9.17) is 23.7 Å². The largest absolute Gasteiger partial charge is 0.493 e. The fraction of sp³-hybridized carbons (Fsp3) is 0.278. The van der Waals surface area contributed by atoms with E-state index in [9.17, 15) is 14.4 Å². The first-order valence-corrected chi connectivity index (χ1v) is 16.3. The summed E-state index contributed by atoms with van der Waals surface area (Å²) < 4.78 is 29.5. The van der Waals surface area contributed by atoms with Crippen LogP contribution in [0.2, 0.25) is 0 Å². The Hall–Kier alpha value is -5.30. The third-order valence-electron chi connectivity index (χ3n) is 7.16. The molecular weight excluding hydrogens is 696 g/mol. The number of allylic oxidation sites excluding steroid dienone is 2. The molecule has 4 rings (SSSR count). The molecule has 3 aromatic carbocycles. The molecule has 0 aromatic heterocycles. The first-order chi connectivity index (χ1) is 23.7. The highest BCUT2D eigenvalue weighted by molar-refractivity contribution is 9.10. The van der Waals surface area contributed by atoms with E-state index in [1.165, 1.54) is 13.3 Å². The van der Waals surface area contributed by atoms with Gasteiger partial charge in [-0.3, -0.25) is 4.79 Å². The zero-order valence-corrected chi connectivity index (χ0v) is 29.3. The highest BCUT2D eigenvalue weighted by atomic mass is 79.9. The van der Waals surface area contributed by atoms with Crippen LogP contribution in [0.3, 0.4) is 0 Å². The molecule has 3 amide bonds. The van der Waals surface area contributed by atoms with Gasteiger partial charge in [-0.2, -0.15) is 5.10 Å². The van der Waals surface area contributed by atoms with Gasteiger partial charge in [0.1, 0.15) is 6.61 Å². The van der Waals surface area contributed by atoms with E-state index in [1.54, 1.807) is 44.2 Å². The number of esters is 1. The van der Waals surface area contributed by atoms with Crippen molar-refractivity contribution in [2.24, 2.45) is 5.10 Å². The van der Waals surface area contributed by atoms with Crippen LogP contribution in [0, 0.1) is 0 Å². The number of carbonyl (C=O) groups excluding carboxylic acids is 3. The number of hydrogen-bond acceptors (Lipinski definition) is 9. The molecule has 0 saturated carbocycles. The molecular formula is C36H39BrN4O8. The van der Waals surface area contributed by atoms with Gasteiger partial charge in [0.2, 0.25) is 0 Å². The van der Waals surface area contributed by atoms with Gasteiger partial charge in [-0.05, 0) is 80.3 Å². The van der Waals surface area contributed by atoms with E-state index in [2.05, 4.69) is 43.7 Å². The maximum Gasteiger partial charge on any atom is 0.338 e. The van der Waals surface area contributed by atoms with E-state index in [-0.39, 0.29) is 24.5 Å². The fourth-order valence-electron chi connectivity index (χ4n) is 4.99. The first kappa shape index (κ1) is 36.5. The SMILES string of the molecule is C=CCc1cc(/C=N\NC(=O)COc2ccc([C@H]3NC(=O)NC(C)=C3C(=O)OCC)cc2OC)cc(OCC)c1OCc1ccc(Br)cc1. The van der Waals surface area contributed by atoms with Crippen LogP contribution in [0.5, 0.6) is 23.0 Å².